The molecule has 0 atom stereocenters. The molecule has 0 radical (unpaired) electrons. The van der Waals surface area contributed by atoms with E-state index in [1.807, 2.05) is 0 Å². The van der Waals surface area contributed by atoms with E-state index in [4.69, 9.17) is 0 Å². The molecular weight excluding hydrogens is 286 g/mol. The van der Waals surface area contributed by atoms with Crippen molar-refractivity contribution in [3.8, 4) is 0 Å². The van der Waals surface area contributed by atoms with Crippen LogP contribution in [0.3, 0.4) is 0 Å². The van der Waals surface area contributed by atoms with Crippen LogP contribution in [0.2, 0.25) is 0 Å². The van der Waals surface area contributed by atoms with Crippen molar-refractivity contribution in [3.63, 3.8) is 0 Å². The summed E-state index contributed by atoms with van der Waals surface area (Å²) in [7, 11) is -0.977. The van der Waals surface area contributed by atoms with Crippen molar-refractivity contribution >= 4 is 10.0 Å². The lowest BCUT2D eigenvalue weighted by atomic mass is 9.96. The number of hydrogen-bond acceptors (Lipinski definition) is 4. The Bertz CT molecular complexity index is 365. The average molecular weight is 320 g/mol. The summed E-state index contributed by atoms with van der Waals surface area (Å²) >= 11 is 0. The van der Waals surface area contributed by atoms with E-state index in [1.165, 1.54) is 0 Å². The maximum atomic E-state index is 11.9. The summed E-state index contributed by atoms with van der Waals surface area (Å²) < 4.78 is 26.6. The molecule has 0 unspecified atom stereocenters. The van der Waals surface area contributed by atoms with Gasteiger partial charge in [0.1, 0.15) is 0 Å². The molecule has 0 aromatic carbocycles. The third-order valence-electron chi connectivity index (χ3n) is 4.39. The van der Waals surface area contributed by atoms with Gasteiger partial charge in [-0.2, -0.15) is 0 Å². The van der Waals surface area contributed by atoms with Gasteiger partial charge < -0.3 is 10.2 Å². The maximum absolute atomic E-state index is 11.9. The van der Waals surface area contributed by atoms with E-state index < -0.39 is 10.0 Å². The molecule has 1 fully saturated rings. The Balaban J connectivity index is 2.09. The van der Waals surface area contributed by atoms with E-state index in [-0.39, 0.29) is 5.75 Å². The second-order valence-electron chi connectivity index (χ2n) is 6.48. The van der Waals surface area contributed by atoms with Gasteiger partial charge in [-0.25, -0.2) is 13.1 Å². The predicted molar refractivity (Wildman–Crippen MR) is 89.0 cm³/mol. The number of sulfonamides is 1. The van der Waals surface area contributed by atoms with Crippen molar-refractivity contribution in [3.05, 3.63) is 0 Å². The minimum absolute atomic E-state index is 0.281. The molecule has 1 aliphatic heterocycles. The van der Waals surface area contributed by atoms with Gasteiger partial charge in [0.15, 0.2) is 0 Å². The molecule has 0 spiro atoms. The minimum atomic E-state index is -3.08. The van der Waals surface area contributed by atoms with Gasteiger partial charge in [-0.15, -0.1) is 0 Å². The van der Waals surface area contributed by atoms with Gasteiger partial charge >= 0.3 is 0 Å². The maximum Gasteiger partial charge on any atom is 0.211 e. The van der Waals surface area contributed by atoms with Gasteiger partial charge in [-0.3, -0.25) is 0 Å². The number of nitrogens with zero attached hydrogens (tertiary/aromatic N) is 1. The molecular formula is C15H33N3O2S. The van der Waals surface area contributed by atoms with Crippen LogP contribution in [0.15, 0.2) is 0 Å². The third kappa shape index (κ3) is 8.76. The topological polar surface area (TPSA) is 61.4 Å². The quantitative estimate of drug-likeness (QED) is 0.598. The van der Waals surface area contributed by atoms with Crippen LogP contribution in [0.5, 0.6) is 0 Å². The lowest BCUT2D eigenvalue weighted by molar-refractivity contribution is 0.268. The van der Waals surface area contributed by atoms with E-state index in [0.29, 0.717) is 18.5 Å². The normalized spacial score (nSPS) is 17.8. The highest BCUT2D eigenvalue weighted by Crippen LogP contribution is 2.16. The van der Waals surface area contributed by atoms with Gasteiger partial charge in [-0.1, -0.05) is 0 Å². The number of piperidine rings is 1. The van der Waals surface area contributed by atoms with E-state index >= 15 is 0 Å². The van der Waals surface area contributed by atoms with Crippen molar-refractivity contribution in [2.75, 3.05) is 39.0 Å². The monoisotopic (exact) mass is 319 g/mol. The molecule has 0 bridgehead atoms. The van der Waals surface area contributed by atoms with Gasteiger partial charge in [0.25, 0.3) is 0 Å². The molecule has 1 saturated heterocycles. The average Bonchev–Trinajstić information content (AvgIpc) is 2.45. The number of rotatable bonds is 10. The van der Waals surface area contributed by atoms with Crippen molar-refractivity contribution in [2.24, 2.45) is 5.92 Å². The first-order valence-electron chi connectivity index (χ1n) is 8.29. The number of unbranched alkanes of at least 4 members (excludes halogenated alkanes) is 1. The van der Waals surface area contributed by atoms with Gasteiger partial charge in [0, 0.05) is 12.6 Å². The first kappa shape index (κ1) is 18.9. The van der Waals surface area contributed by atoms with Crippen molar-refractivity contribution in [2.45, 2.75) is 52.0 Å². The van der Waals surface area contributed by atoms with Crippen LogP contribution in [-0.2, 0) is 10.0 Å². The number of hydrogen-bond donors (Lipinski definition) is 2. The van der Waals surface area contributed by atoms with Crippen LogP contribution in [0.1, 0.15) is 46.0 Å². The Hall–Kier alpha value is -0.170. The Kier molecular flexibility index (Phi) is 8.78. The summed E-state index contributed by atoms with van der Waals surface area (Å²) in [6.45, 7) is 7.99. The zero-order valence-electron chi connectivity index (χ0n) is 13.9. The first-order valence-corrected chi connectivity index (χ1v) is 9.94. The zero-order chi connectivity index (χ0) is 15.7. The second kappa shape index (κ2) is 9.77. The largest absolute Gasteiger partial charge is 0.317 e. The van der Waals surface area contributed by atoms with Crippen LogP contribution in [0.25, 0.3) is 0 Å². The predicted octanol–water partition coefficient (Wildman–Crippen LogP) is 1.42. The standard InChI is InChI=1S/C15H33N3O2S/c1-14(2)18(3)12-5-4-9-17-21(19,20)13-8-15-6-10-16-11-7-15/h14-17H,4-13H2,1-3H3. The van der Waals surface area contributed by atoms with Gasteiger partial charge in [-0.05, 0) is 78.6 Å². The third-order valence-corrected chi connectivity index (χ3v) is 5.81. The Morgan fingerprint density at radius 3 is 2.52 bits per heavy atom. The molecule has 0 aliphatic carbocycles. The van der Waals surface area contributed by atoms with Gasteiger partial charge in [0.05, 0.1) is 5.75 Å². The molecule has 2 N–H and O–H groups in total. The smallest absolute Gasteiger partial charge is 0.211 e. The summed E-state index contributed by atoms with van der Waals surface area (Å²) in [6, 6.07) is 0.548. The van der Waals surface area contributed by atoms with Crippen molar-refractivity contribution < 1.29 is 8.42 Å². The molecule has 21 heavy (non-hydrogen) atoms. The summed E-state index contributed by atoms with van der Waals surface area (Å²) in [5, 5.41) is 3.31. The molecule has 5 nitrogen and oxygen atoms in total. The molecule has 1 aliphatic rings. The van der Waals surface area contributed by atoms with E-state index in [0.717, 1.165) is 51.7 Å². The van der Waals surface area contributed by atoms with Crippen LogP contribution in [-0.4, -0.2) is 58.3 Å². The SMILES string of the molecule is CC(C)N(C)CCCCNS(=O)(=O)CCC1CCNCC1. The Morgan fingerprint density at radius 2 is 1.90 bits per heavy atom. The fourth-order valence-electron chi connectivity index (χ4n) is 2.54. The highest BCUT2D eigenvalue weighted by atomic mass is 32.2. The molecule has 126 valence electrons. The summed E-state index contributed by atoms with van der Waals surface area (Å²) in [5.41, 5.74) is 0. The molecule has 0 aromatic heterocycles. The minimum Gasteiger partial charge on any atom is -0.317 e. The van der Waals surface area contributed by atoms with Crippen LogP contribution >= 0.6 is 0 Å². The molecule has 0 amide bonds. The molecule has 0 saturated carbocycles. The second-order valence-corrected chi connectivity index (χ2v) is 8.40. The highest BCUT2D eigenvalue weighted by molar-refractivity contribution is 7.89. The van der Waals surface area contributed by atoms with E-state index in [9.17, 15) is 8.42 Å². The fraction of sp³-hybridized carbons (Fsp3) is 1.00. The van der Waals surface area contributed by atoms with Crippen molar-refractivity contribution in [1.82, 2.24) is 14.9 Å². The highest BCUT2D eigenvalue weighted by Gasteiger charge is 2.17. The Labute approximate surface area is 130 Å². The van der Waals surface area contributed by atoms with Crippen LogP contribution < -0.4 is 10.0 Å². The van der Waals surface area contributed by atoms with Crippen LogP contribution in [0.4, 0.5) is 0 Å². The van der Waals surface area contributed by atoms with E-state index in [2.05, 4.69) is 35.8 Å². The fourth-order valence-corrected chi connectivity index (χ4v) is 3.78. The first-order chi connectivity index (χ1) is 9.91. The lowest BCUT2D eigenvalue weighted by Crippen LogP contribution is -2.32. The summed E-state index contributed by atoms with van der Waals surface area (Å²) in [4.78, 5) is 2.28. The lowest BCUT2D eigenvalue weighted by Gasteiger charge is -2.22. The summed E-state index contributed by atoms with van der Waals surface area (Å²) in [6.07, 6.45) is 4.95. The van der Waals surface area contributed by atoms with Crippen molar-refractivity contribution in [1.29, 1.82) is 0 Å². The Morgan fingerprint density at radius 1 is 1.24 bits per heavy atom. The van der Waals surface area contributed by atoms with Crippen LogP contribution in [0, 0.1) is 5.92 Å². The molecule has 6 heteroatoms. The zero-order valence-corrected chi connectivity index (χ0v) is 14.7. The molecule has 1 heterocycles. The summed E-state index contributed by atoms with van der Waals surface area (Å²) in [5.74, 6) is 0.853. The molecule has 0 aromatic rings. The number of nitrogens with one attached hydrogen (secondary N) is 2. The molecule has 1 rings (SSSR count). The van der Waals surface area contributed by atoms with E-state index in [1.54, 1.807) is 0 Å². The van der Waals surface area contributed by atoms with Gasteiger partial charge in [0.2, 0.25) is 10.0 Å².